The van der Waals surface area contributed by atoms with Crippen LogP contribution in [0.2, 0.25) is 5.02 Å². The summed E-state index contributed by atoms with van der Waals surface area (Å²) in [6, 6.07) is 14.3. The van der Waals surface area contributed by atoms with Gasteiger partial charge in [-0.15, -0.1) is 0 Å². The van der Waals surface area contributed by atoms with Gasteiger partial charge in [0.05, 0.1) is 44.0 Å². The lowest BCUT2D eigenvalue weighted by molar-refractivity contribution is 0.219. The van der Waals surface area contributed by atoms with Crippen LogP contribution in [0.4, 0.5) is 5.69 Å². The average Bonchev–Trinajstić information content (AvgIpc) is 2.63. The van der Waals surface area contributed by atoms with Crippen molar-refractivity contribution in [3.63, 3.8) is 0 Å². The van der Waals surface area contributed by atoms with Gasteiger partial charge < -0.3 is 4.74 Å². The lowest BCUT2D eigenvalue weighted by Crippen LogP contribution is -2.54. The molecule has 1 aromatic carbocycles. The van der Waals surface area contributed by atoms with Crippen LogP contribution in [0.3, 0.4) is 0 Å². The molecule has 5 heteroatoms. The number of hydrogen-bond acceptors (Lipinski definition) is 3. The fourth-order valence-corrected chi connectivity index (χ4v) is 3.75. The van der Waals surface area contributed by atoms with E-state index in [1.54, 1.807) is 19.4 Å². The molecule has 2 heterocycles. The molecule has 1 aliphatic rings. The van der Waals surface area contributed by atoms with E-state index in [0.29, 0.717) is 5.02 Å². The Morgan fingerprint density at radius 1 is 1.21 bits per heavy atom. The molecule has 0 spiro atoms. The zero-order valence-corrected chi connectivity index (χ0v) is 14.8. The van der Waals surface area contributed by atoms with Gasteiger partial charge in [0.2, 0.25) is 0 Å². The largest absolute Gasteiger partial charge is 0.497 e. The van der Waals surface area contributed by atoms with Crippen molar-refractivity contribution in [1.82, 2.24) is 9.47 Å². The first-order valence-corrected chi connectivity index (χ1v) is 8.42. The Labute approximate surface area is 147 Å². The van der Waals surface area contributed by atoms with Crippen molar-refractivity contribution < 1.29 is 4.74 Å². The van der Waals surface area contributed by atoms with Crippen molar-refractivity contribution in [2.75, 3.05) is 27.2 Å². The molecular weight excluding hydrogens is 322 g/mol. The molecule has 24 heavy (non-hydrogen) atoms. The summed E-state index contributed by atoms with van der Waals surface area (Å²) >= 11 is 6.31. The van der Waals surface area contributed by atoms with Gasteiger partial charge in [0.15, 0.2) is 0 Å². The highest BCUT2D eigenvalue weighted by Crippen LogP contribution is 2.40. The standard InChI is InChI=1S/C19H21ClN3O/c1-23(15-5-7-16(24-2)8-6-15)12-9-19(14-21,10-13-23)18-17(20)4-3-11-22-18/h3-8,11H,9-10,12-13H2,1-2H3/q+1. The van der Waals surface area contributed by atoms with Gasteiger partial charge in [0, 0.05) is 31.2 Å². The number of aromatic nitrogens is 1. The van der Waals surface area contributed by atoms with E-state index in [1.165, 1.54) is 5.69 Å². The van der Waals surface area contributed by atoms with E-state index in [-0.39, 0.29) is 0 Å². The lowest BCUT2D eigenvalue weighted by atomic mass is 9.75. The summed E-state index contributed by atoms with van der Waals surface area (Å²) < 4.78 is 6.04. The number of piperidine rings is 1. The molecule has 1 aromatic heterocycles. The SMILES string of the molecule is COc1ccc([N+]2(C)CCC(C#N)(c3ncccc3Cl)CC2)cc1. The zero-order chi connectivity index (χ0) is 17.2. The third kappa shape index (κ3) is 2.86. The number of nitrogens with zero attached hydrogens (tertiary/aromatic N) is 3. The van der Waals surface area contributed by atoms with Crippen LogP contribution >= 0.6 is 11.6 Å². The summed E-state index contributed by atoms with van der Waals surface area (Å²) in [6.07, 6.45) is 3.19. The van der Waals surface area contributed by atoms with Gasteiger partial charge in [-0.05, 0) is 24.3 Å². The molecule has 0 radical (unpaired) electrons. The normalized spacial score (nSPS) is 26.6. The topological polar surface area (TPSA) is 45.9 Å². The molecule has 0 bridgehead atoms. The molecule has 0 N–H and O–H groups in total. The van der Waals surface area contributed by atoms with Gasteiger partial charge in [-0.3, -0.25) is 9.47 Å². The molecule has 1 saturated heterocycles. The van der Waals surface area contributed by atoms with E-state index in [4.69, 9.17) is 16.3 Å². The van der Waals surface area contributed by atoms with E-state index in [2.05, 4.69) is 30.2 Å². The van der Waals surface area contributed by atoms with Crippen molar-refractivity contribution in [2.45, 2.75) is 18.3 Å². The second-order valence-electron chi connectivity index (χ2n) is 6.57. The first kappa shape index (κ1) is 16.8. The Balaban J connectivity index is 1.85. The first-order valence-electron chi connectivity index (χ1n) is 8.04. The number of pyridine rings is 1. The molecule has 3 rings (SSSR count). The maximum absolute atomic E-state index is 9.86. The van der Waals surface area contributed by atoms with E-state index in [1.807, 2.05) is 18.2 Å². The number of rotatable bonds is 3. The van der Waals surface area contributed by atoms with Crippen LogP contribution in [0.25, 0.3) is 0 Å². The molecular formula is C19H21ClN3O+. The molecule has 0 aliphatic carbocycles. The predicted molar refractivity (Wildman–Crippen MR) is 96.2 cm³/mol. The third-order valence-corrected chi connectivity index (χ3v) is 5.49. The number of methoxy groups -OCH3 is 1. The summed E-state index contributed by atoms with van der Waals surface area (Å²) in [5.41, 5.74) is 1.35. The first-order chi connectivity index (χ1) is 11.5. The number of ether oxygens (including phenoxy) is 1. The van der Waals surface area contributed by atoms with Gasteiger partial charge >= 0.3 is 0 Å². The van der Waals surface area contributed by atoms with Crippen molar-refractivity contribution in [3.8, 4) is 11.8 Å². The molecule has 0 saturated carbocycles. The fourth-order valence-electron chi connectivity index (χ4n) is 3.45. The van der Waals surface area contributed by atoms with Crippen LogP contribution in [0.15, 0.2) is 42.6 Å². The molecule has 0 unspecified atom stereocenters. The number of benzene rings is 1. The van der Waals surface area contributed by atoms with Crippen LogP contribution in [0, 0.1) is 11.3 Å². The summed E-state index contributed by atoms with van der Waals surface area (Å²) in [5, 5.41) is 10.4. The number of quaternary nitrogens is 1. The molecule has 2 aromatic rings. The molecule has 1 fully saturated rings. The van der Waals surface area contributed by atoms with Gasteiger partial charge in [0.25, 0.3) is 0 Å². The van der Waals surface area contributed by atoms with Crippen molar-refractivity contribution in [3.05, 3.63) is 53.3 Å². The van der Waals surface area contributed by atoms with Gasteiger partial charge in [-0.1, -0.05) is 11.6 Å². The number of likely N-dealkylation sites (tertiary alicyclic amines) is 1. The van der Waals surface area contributed by atoms with E-state index >= 15 is 0 Å². The quantitative estimate of drug-likeness (QED) is 0.794. The monoisotopic (exact) mass is 342 g/mol. The van der Waals surface area contributed by atoms with Gasteiger partial charge in [-0.2, -0.15) is 5.26 Å². The molecule has 0 atom stereocenters. The average molecular weight is 343 g/mol. The Morgan fingerprint density at radius 3 is 2.42 bits per heavy atom. The van der Waals surface area contributed by atoms with Crippen LogP contribution in [0.5, 0.6) is 5.75 Å². The second-order valence-corrected chi connectivity index (χ2v) is 6.98. The summed E-state index contributed by atoms with van der Waals surface area (Å²) in [6.45, 7) is 1.74. The summed E-state index contributed by atoms with van der Waals surface area (Å²) in [5.74, 6) is 0.856. The minimum atomic E-state index is -0.595. The van der Waals surface area contributed by atoms with Crippen molar-refractivity contribution >= 4 is 17.3 Å². The third-order valence-electron chi connectivity index (χ3n) is 5.19. The second kappa shape index (κ2) is 6.43. The highest BCUT2D eigenvalue weighted by molar-refractivity contribution is 6.31. The van der Waals surface area contributed by atoms with Crippen molar-refractivity contribution in [1.29, 1.82) is 5.26 Å². The lowest BCUT2D eigenvalue weighted by Gasteiger charge is -2.43. The van der Waals surface area contributed by atoms with Crippen LogP contribution in [-0.4, -0.2) is 32.2 Å². The highest BCUT2D eigenvalue weighted by Gasteiger charge is 2.45. The Bertz CT molecular complexity index is 759. The Kier molecular flexibility index (Phi) is 4.49. The van der Waals surface area contributed by atoms with Crippen LogP contribution in [-0.2, 0) is 5.41 Å². The molecule has 124 valence electrons. The highest BCUT2D eigenvalue weighted by atomic mass is 35.5. The van der Waals surface area contributed by atoms with Crippen LogP contribution in [0.1, 0.15) is 18.5 Å². The number of nitriles is 1. The van der Waals surface area contributed by atoms with Crippen molar-refractivity contribution in [2.24, 2.45) is 0 Å². The minimum absolute atomic E-state index is 0.583. The zero-order valence-electron chi connectivity index (χ0n) is 14.0. The summed E-state index contributed by atoms with van der Waals surface area (Å²) in [4.78, 5) is 4.41. The van der Waals surface area contributed by atoms with E-state index in [9.17, 15) is 5.26 Å². The van der Waals surface area contributed by atoms with Gasteiger partial charge in [0.1, 0.15) is 16.9 Å². The predicted octanol–water partition coefficient (Wildman–Crippen LogP) is 3.94. The maximum Gasteiger partial charge on any atom is 0.132 e. The smallest absolute Gasteiger partial charge is 0.132 e. The fraction of sp³-hybridized carbons (Fsp3) is 0.368. The van der Waals surface area contributed by atoms with E-state index in [0.717, 1.165) is 41.9 Å². The Hall–Kier alpha value is -2.09. The number of hydrogen-bond donors (Lipinski definition) is 0. The summed E-state index contributed by atoms with van der Waals surface area (Å²) in [7, 11) is 3.88. The minimum Gasteiger partial charge on any atom is -0.497 e. The Morgan fingerprint density at radius 2 is 1.88 bits per heavy atom. The van der Waals surface area contributed by atoms with Crippen LogP contribution < -0.4 is 9.22 Å². The molecule has 4 nitrogen and oxygen atoms in total. The van der Waals surface area contributed by atoms with Gasteiger partial charge in [-0.25, -0.2) is 0 Å². The molecule has 1 aliphatic heterocycles. The molecule has 0 amide bonds. The maximum atomic E-state index is 9.86. The number of halogens is 1. The van der Waals surface area contributed by atoms with E-state index < -0.39 is 5.41 Å².